The molecule has 0 atom stereocenters. The van der Waals surface area contributed by atoms with E-state index < -0.39 is 5.82 Å². The van der Waals surface area contributed by atoms with E-state index in [0.29, 0.717) is 60.9 Å². The minimum absolute atomic E-state index is 0.0634. The van der Waals surface area contributed by atoms with E-state index in [0.717, 1.165) is 6.42 Å². The largest absolute Gasteiger partial charge is 0.495 e. The second-order valence-electron chi connectivity index (χ2n) is 7.71. The molecule has 0 aliphatic carbocycles. The zero-order chi connectivity index (χ0) is 23.3. The van der Waals surface area contributed by atoms with Crippen LogP contribution in [0.15, 0.2) is 36.4 Å². The lowest BCUT2D eigenvalue weighted by atomic mass is 10.1. The molecule has 3 rings (SSSR count). The molecular formula is C24H28FN3O4. The molecule has 0 unspecified atom stereocenters. The van der Waals surface area contributed by atoms with E-state index >= 15 is 0 Å². The maximum atomic E-state index is 14.7. The number of anilines is 2. The van der Waals surface area contributed by atoms with Crippen molar-refractivity contribution in [3.63, 3.8) is 0 Å². The van der Waals surface area contributed by atoms with Crippen LogP contribution in [0.2, 0.25) is 0 Å². The summed E-state index contributed by atoms with van der Waals surface area (Å²) < 4.78 is 19.9. The van der Waals surface area contributed by atoms with Gasteiger partial charge in [0.2, 0.25) is 5.91 Å². The number of nitrogens with one attached hydrogen (secondary N) is 1. The topological polar surface area (TPSA) is 79.0 Å². The predicted molar refractivity (Wildman–Crippen MR) is 121 cm³/mol. The van der Waals surface area contributed by atoms with Gasteiger partial charge >= 0.3 is 0 Å². The minimum atomic E-state index is -0.429. The molecule has 2 aromatic carbocycles. The first-order chi connectivity index (χ1) is 15.3. The number of piperazine rings is 1. The van der Waals surface area contributed by atoms with Crippen LogP contribution in [-0.2, 0) is 4.79 Å². The van der Waals surface area contributed by atoms with Crippen LogP contribution in [0.5, 0.6) is 5.75 Å². The van der Waals surface area contributed by atoms with Crippen LogP contribution in [0.4, 0.5) is 15.8 Å². The van der Waals surface area contributed by atoms with Gasteiger partial charge < -0.3 is 19.9 Å². The molecule has 8 heteroatoms. The van der Waals surface area contributed by atoms with Crippen molar-refractivity contribution in [1.82, 2.24) is 4.90 Å². The molecule has 1 heterocycles. The molecule has 7 nitrogen and oxygen atoms in total. The summed E-state index contributed by atoms with van der Waals surface area (Å²) in [5, 5.41) is 2.67. The van der Waals surface area contributed by atoms with Crippen LogP contribution in [-0.4, -0.2) is 55.8 Å². The van der Waals surface area contributed by atoms with Crippen molar-refractivity contribution in [2.24, 2.45) is 0 Å². The van der Waals surface area contributed by atoms with Crippen molar-refractivity contribution in [2.75, 3.05) is 43.5 Å². The number of hydrogen-bond donors (Lipinski definition) is 1. The van der Waals surface area contributed by atoms with Gasteiger partial charge in [0.1, 0.15) is 11.6 Å². The highest BCUT2D eigenvalue weighted by Crippen LogP contribution is 2.27. The molecule has 170 valence electrons. The van der Waals surface area contributed by atoms with Crippen molar-refractivity contribution in [1.29, 1.82) is 0 Å². The summed E-state index contributed by atoms with van der Waals surface area (Å²) in [6, 6.07) is 9.50. The highest BCUT2D eigenvalue weighted by Gasteiger charge is 2.25. The molecule has 0 spiro atoms. The van der Waals surface area contributed by atoms with Crippen molar-refractivity contribution < 1.29 is 23.5 Å². The molecule has 0 aromatic heterocycles. The van der Waals surface area contributed by atoms with E-state index in [1.165, 1.54) is 20.1 Å². The fourth-order valence-corrected chi connectivity index (χ4v) is 3.77. The lowest BCUT2D eigenvalue weighted by Gasteiger charge is -2.36. The highest BCUT2D eigenvalue weighted by molar-refractivity contribution is 5.98. The molecule has 0 radical (unpaired) electrons. The number of benzene rings is 2. The Balaban J connectivity index is 1.67. The van der Waals surface area contributed by atoms with Gasteiger partial charge in [-0.2, -0.15) is 0 Å². The SMILES string of the molecule is CCCC(=O)c1ccc(N2CCN(C(=O)c3ccc(OC)c(NC(C)=O)c3)CC2)c(F)c1. The van der Waals surface area contributed by atoms with E-state index in [1.807, 2.05) is 11.8 Å². The van der Waals surface area contributed by atoms with E-state index in [9.17, 15) is 18.8 Å². The molecule has 1 fully saturated rings. The van der Waals surface area contributed by atoms with E-state index in [1.54, 1.807) is 35.2 Å². The lowest BCUT2D eigenvalue weighted by Crippen LogP contribution is -2.49. The maximum Gasteiger partial charge on any atom is 0.254 e. The van der Waals surface area contributed by atoms with Gasteiger partial charge in [0, 0.05) is 50.7 Å². The number of methoxy groups -OCH3 is 1. The second kappa shape index (κ2) is 10.3. The summed E-state index contributed by atoms with van der Waals surface area (Å²) in [7, 11) is 1.49. The number of carbonyl (C=O) groups excluding carboxylic acids is 3. The zero-order valence-electron chi connectivity index (χ0n) is 18.6. The second-order valence-corrected chi connectivity index (χ2v) is 7.71. The predicted octanol–water partition coefficient (Wildman–Crippen LogP) is 3.74. The number of ketones is 1. The normalized spacial score (nSPS) is 13.6. The number of hydrogen-bond acceptors (Lipinski definition) is 5. The Morgan fingerprint density at radius 2 is 1.72 bits per heavy atom. The first-order valence-electron chi connectivity index (χ1n) is 10.7. The summed E-state index contributed by atoms with van der Waals surface area (Å²) in [5.74, 6) is -0.447. The smallest absolute Gasteiger partial charge is 0.254 e. The van der Waals surface area contributed by atoms with Crippen LogP contribution in [0.3, 0.4) is 0 Å². The summed E-state index contributed by atoms with van der Waals surface area (Å²) in [6.07, 6.45) is 1.12. The van der Waals surface area contributed by atoms with Crippen molar-refractivity contribution in [2.45, 2.75) is 26.7 Å². The Morgan fingerprint density at radius 1 is 1.03 bits per heavy atom. The lowest BCUT2D eigenvalue weighted by molar-refractivity contribution is -0.114. The fourth-order valence-electron chi connectivity index (χ4n) is 3.77. The summed E-state index contributed by atoms with van der Waals surface area (Å²) >= 11 is 0. The standard InChI is InChI=1S/C24H28FN3O4/c1-4-5-22(30)17-6-8-21(19(25)14-17)27-10-12-28(13-11-27)24(31)18-7-9-23(32-3)20(15-18)26-16(2)29/h6-9,14-15H,4-5,10-13H2,1-3H3,(H,26,29). The number of ether oxygens (including phenoxy) is 1. The molecule has 32 heavy (non-hydrogen) atoms. The van der Waals surface area contributed by atoms with Crippen LogP contribution in [0, 0.1) is 5.82 Å². The monoisotopic (exact) mass is 441 g/mol. The molecule has 2 amide bonds. The van der Waals surface area contributed by atoms with Gasteiger partial charge in [-0.05, 0) is 42.8 Å². The maximum absolute atomic E-state index is 14.7. The zero-order valence-corrected chi connectivity index (χ0v) is 18.6. The number of halogens is 1. The van der Waals surface area contributed by atoms with Gasteiger partial charge in [0.15, 0.2) is 5.78 Å². The molecule has 1 saturated heterocycles. The first-order valence-corrected chi connectivity index (χ1v) is 10.7. The minimum Gasteiger partial charge on any atom is -0.495 e. The third kappa shape index (κ3) is 5.25. The summed E-state index contributed by atoms with van der Waals surface area (Å²) in [5.41, 5.74) is 1.69. The highest BCUT2D eigenvalue weighted by atomic mass is 19.1. The number of nitrogens with zero attached hydrogens (tertiary/aromatic N) is 2. The van der Waals surface area contributed by atoms with Gasteiger partial charge in [-0.3, -0.25) is 14.4 Å². The van der Waals surface area contributed by atoms with E-state index in [2.05, 4.69) is 5.32 Å². The van der Waals surface area contributed by atoms with Crippen molar-refractivity contribution in [3.8, 4) is 5.75 Å². The Hall–Kier alpha value is -3.42. The number of Topliss-reactive ketones (excluding diaryl/α,β-unsaturated/α-hetero) is 1. The van der Waals surface area contributed by atoms with E-state index in [4.69, 9.17) is 4.74 Å². The first kappa shape index (κ1) is 23.2. The molecule has 2 aromatic rings. The van der Waals surface area contributed by atoms with Crippen molar-refractivity contribution in [3.05, 3.63) is 53.3 Å². The molecule has 1 aliphatic rings. The third-order valence-corrected chi connectivity index (χ3v) is 5.41. The molecule has 0 saturated carbocycles. The van der Waals surface area contributed by atoms with Gasteiger partial charge in [0.05, 0.1) is 18.5 Å². The van der Waals surface area contributed by atoms with Gasteiger partial charge in [-0.15, -0.1) is 0 Å². The van der Waals surface area contributed by atoms with Crippen LogP contribution >= 0.6 is 0 Å². The van der Waals surface area contributed by atoms with Crippen molar-refractivity contribution >= 4 is 29.0 Å². The molecule has 0 bridgehead atoms. The third-order valence-electron chi connectivity index (χ3n) is 5.41. The number of rotatable bonds is 7. The van der Waals surface area contributed by atoms with Crippen LogP contribution in [0.1, 0.15) is 47.4 Å². The number of amides is 2. The van der Waals surface area contributed by atoms with Crippen LogP contribution < -0.4 is 15.0 Å². The van der Waals surface area contributed by atoms with Gasteiger partial charge in [-0.1, -0.05) is 6.92 Å². The Kier molecular flexibility index (Phi) is 7.45. The quantitative estimate of drug-likeness (QED) is 0.663. The average molecular weight is 442 g/mol. The van der Waals surface area contributed by atoms with E-state index in [-0.39, 0.29) is 17.6 Å². The fraction of sp³-hybridized carbons (Fsp3) is 0.375. The summed E-state index contributed by atoms with van der Waals surface area (Å²) in [6.45, 7) is 5.10. The summed E-state index contributed by atoms with van der Waals surface area (Å²) in [4.78, 5) is 40.0. The van der Waals surface area contributed by atoms with Crippen LogP contribution in [0.25, 0.3) is 0 Å². The average Bonchev–Trinajstić information content (AvgIpc) is 2.78. The molecular weight excluding hydrogens is 413 g/mol. The molecule has 1 N–H and O–H groups in total. The van der Waals surface area contributed by atoms with Gasteiger partial charge in [-0.25, -0.2) is 4.39 Å². The number of carbonyl (C=O) groups is 3. The Morgan fingerprint density at radius 3 is 2.31 bits per heavy atom. The Labute approximate surface area is 187 Å². The molecule has 1 aliphatic heterocycles. The van der Waals surface area contributed by atoms with Gasteiger partial charge in [0.25, 0.3) is 5.91 Å². The Bertz CT molecular complexity index is 1020.